The Morgan fingerprint density at radius 3 is 1.86 bits per heavy atom. The smallest absolute Gasteiger partial charge is 0.212 e. The molecule has 5 nitrogen and oxygen atoms in total. The number of rotatable bonds is 7. The van der Waals surface area contributed by atoms with Crippen molar-refractivity contribution in [3.05, 3.63) is 0 Å². The van der Waals surface area contributed by atoms with Crippen LogP contribution in [0.4, 0.5) is 0 Å². The van der Waals surface area contributed by atoms with Gasteiger partial charge in [-0.25, -0.2) is 8.42 Å². The fourth-order valence-electron chi connectivity index (χ4n) is 2.28. The highest BCUT2D eigenvalue weighted by Gasteiger charge is 2.37. The lowest BCUT2D eigenvalue weighted by Gasteiger charge is -2.40. The normalized spacial score (nSPS) is 18.3. The fourth-order valence-corrected chi connectivity index (χ4v) is 4.83. The van der Waals surface area contributed by atoms with Crippen molar-refractivity contribution in [3.8, 4) is 0 Å². The summed E-state index contributed by atoms with van der Waals surface area (Å²) in [7, 11) is -4.54. The van der Waals surface area contributed by atoms with E-state index in [-0.39, 0.29) is 23.9 Å². The van der Waals surface area contributed by atoms with E-state index in [0.29, 0.717) is 0 Å². The minimum atomic E-state index is -3.43. The molecule has 7 heteroatoms. The van der Waals surface area contributed by atoms with Crippen LogP contribution in [-0.4, -0.2) is 59.5 Å². The average molecular weight is 356 g/mol. The van der Waals surface area contributed by atoms with Crippen LogP contribution >= 0.6 is 0 Å². The van der Waals surface area contributed by atoms with Gasteiger partial charge in [0.1, 0.15) is 0 Å². The van der Waals surface area contributed by atoms with Crippen LogP contribution in [0, 0.1) is 5.41 Å². The third-order valence-corrected chi connectivity index (χ3v) is 5.95. The summed E-state index contributed by atoms with van der Waals surface area (Å²) in [5.74, 6) is 0.265. The summed E-state index contributed by atoms with van der Waals surface area (Å²) >= 11 is 0. The average Bonchev–Trinajstić information content (AvgIpc) is 2.18. The van der Waals surface area contributed by atoms with Crippen molar-refractivity contribution in [2.24, 2.45) is 5.41 Å². The van der Waals surface area contributed by atoms with Crippen LogP contribution in [0.5, 0.6) is 0 Å². The molecule has 0 fully saturated rings. The lowest BCUT2D eigenvalue weighted by atomic mass is 9.90. The summed E-state index contributed by atoms with van der Waals surface area (Å²) in [6.07, 6.45) is 2.75. The van der Waals surface area contributed by atoms with Crippen molar-refractivity contribution >= 4 is 20.8 Å². The molecule has 0 saturated carbocycles. The third kappa shape index (κ3) is 7.53. The molecule has 0 aromatic carbocycles. The standard InChI is InChI=1S/C15H33NO4S2/c1-12(14(2,3)4)20-10-13(11-21(8)17)16(15(5,6)7)22(9,18)19/h12-13H,10-11H2,1-9H3/t12?,13?,21-/m0/s1. The quantitative estimate of drug-likeness (QED) is 0.702. The van der Waals surface area contributed by atoms with Crippen molar-refractivity contribution in [2.45, 2.75) is 66.2 Å². The van der Waals surface area contributed by atoms with Crippen LogP contribution < -0.4 is 0 Å². The first-order chi connectivity index (χ1) is 9.56. The third-order valence-electron chi connectivity index (χ3n) is 3.54. The molecule has 0 rings (SSSR count). The molecule has 0 saturated heterocycles. The Morgan fingerprint density at radius 1 is 1.14 bits per heavy atom. The number of hydrogen-bond acceptors (Lipinski definition) is 4. The van der Waals surface area contributed by atoms with Crippen LogP contribution in [0.25, 0.3) is 0 Å². The van der Waals surface area contributed by atoms with E-state index in [1.807, 2.05) is 27.7 Å². The van der Waals surface area contributed by atoms with Gasteiger partial charge < -0.3 is 4.74 Å². The zero-order chi connectivity index (χ0) is 17.9. The number of sulfonamides is 1. The van der Waals surface area contributed by atoms with Crippen molar-refractivity contribution in [1.82, 2.24) is 4.31 Å². The molecule has 0 amide bonds. The van der Waals surface area contributed by atoms with E-state index in [1.54, 1.807) is 6.26 Å². The molecule has 0 aliphatic rings. The maximum Gasteiger partial charge on any atom is 0.212 e. The molecule has 0 bridgehead atoms. The van der Waals surface area contributed by atoms with Gasteiger partial charge in [0.05, 0.1) is 25.0 Å². The summed E-state index contributed by atoms with van der Waals surface area (Å²) in [4.78, 5) is 0. The van der Waals surface area contributed by atoms with Crippen molar-refractivity contribution in [2.75, 3.05) is 24.9 Å². The summed E-state index contributed by atoms with van der Waals surface area (Å²) in [6.45, 7) is 13.9. The number of hydrogen-bond donors (Lipinski definition) is 0. The Hall–Kier alpha value is 0.0200. The largest absolute Gasteiger partial charge is 0.376 e. The summed E-state index contributed by atoms with van der Waals surface area (Å²) in [6, 6.07) is -0.439. The SMILES string of the molecule is CC(OCC(C[S@](C)=O)N(C(C)(C)C)S(C)(=O)=O)C(C)(C)C. The van der Waals surface area contributed by atoms with Gasteiger partial charge in [-0.15, -0.1) is 0 Å². The molecule has 0 radical (unpaired) electrons. The lowest BCUT2D eigenvalue weighted by Crippen LogP contribution is -2.55. The first-order valence-electron chi connectivity index (χ1n) is 7.48. The summed E-state index contributed by atoms with van der Waals surface area (Å²) in [5, 5.41) is 0. The second-order valence-electron chi connectivity index (χ2n) is 7.96. The van der Waals surface area contributed by atoms with Gasteiger partial charge in [0.15, 0.2) is 0 Å². The van der Waals surface area contributed by atoms with Crippen LogP contribution in [0.1, 0.15) is 48.5 Å². The Morgan fingerprint density at radius 2 is 1.59 bits per heavy atom. The highest BCUT2D eigenvalue weighted by Crippen LogP contribution is 2.25. The molecule has 0 N–H and O–H groups in total. The molecule has 134 valence electrons. The molecule has 0 aromatic rings. The maximum absolute atomic E-state index is 12.2. The van der Waals surface area contributed by atoms with Gasteiger partial charge in [-0.3, -0.25) is 4.21 Å². The second-order valence-corrected chi connectivity index (χ2v) is 11.3. The Balaban J connectivity index is 5.38. The van der Waals surface area contributed by atoms with Gasteiger partial charge >= 0.3 is 0 Å². The minimum absolute atomic E-state index is 0.0262. The van der Waals surface area contributed by atoms with Crippen molar-refractivity contribution in [3.63, 3.8) is 0 Å². The van der Waals surface area contributed by atoms with Crippen molar-refractivity contribution < 1.29 is 17.4 Å². The van der Waals surface area contributed by atoms with Crippen LogP contribution in [0.3, 0.4) is 0 Å². The zero-order valence-electron chi connectivity index (χ0n) is 15.5. The van der Waals surface area contributed by atoms with Gasteiger partial charge in [0.25, 0.3) is 0 Å². The molecule has 0 aliphatic heterocycles. The highest BCUT2D eigenvalue weighted by molar-refractivity contribution is 7.88. The monoisotopic (exact) mass is 355 g/mol. The van der Waals surface area contributed by atoms with E-state index in [1.165, 1.54) is 10.6 Å². The maximum atomic E-state index is 12.2. The van der Waals surface area contributed by atoms with E-state index in [2.05, 4.69) is 20.8 Å². The van der Waals surface area contributed by atoms with E-state index in [9.17, 15) is 12.6 Å². The van der Waals surface area contributed by atoms with E-state index >= 15 is 0 Å². The predicted molar refractivity (Wildman–Crippen MR) is 94.0 cm³/mol. The number of ether oxygens (including phenoxy) is 1. The lowest BCUT2D eigenvalue weighted by molar-refractivity contribution is -0.0270. The van der Waals surface area contributed by atoms with Crippen LogP contribution in [-0.2, 0) is 25.6 Å². The summed E-state index contributed by atoms with van der Waals surface area (Å²) in [5.41, 5.74) is -0.625. The van der Waals surface area contributed by atoms with Gasteiger partial charge in [-0.1, -0.05) is 20.8 Å². The van der Waals surface area contributed by atoms with E-state index in [0.717, 1.165) is 0 Å². The Kier molecular flexibility index (Phi) is 7.73. The molecular formula is C15H33NO4S2. The van der Waals surface area contributed by atoms with Gasteiger partial charge in [0.2, 0.25) is 10.0 Å². The Labute approximate surface area is 139 Å². The van der Waals surface area contributed by atoms with Gasteiger partial charge in [-0.2, -0.15) is 4.31 Å². The van der Waals surface area contributed by atoms with Crippen molar-refractivity contribution in [1.29, 1.82) is 0 Å². The topological polar surface area (TPSA) is 63.7 Å². The summed E-state index contributed by atoms with van der Waals surface area (Å²) < 4.78 is 43.4. The van der Waals surface area contributed by atoms with Gasteiger partial charge in [0, 0.05) is 28.3 Å². The van der Waals surface area contributed by atoms with E-state index < -0.39 is 32.4 Å². The van der Waals surface area contributed by atoms with Gasteiger partial charge in [-0.05, 0) is 33.1 Å². The molecule has 0 spiro atoms. The van der Waals surface area contributed by atoms with E-state index in [4.69, 9.17) is 4.74 Å². The first kappa shape index (κ1) is 22.0. The predicted octanol–water partition coefficient (Wildman–Crippen LogP) is 2.24. The first-order valence-corrected chi connectivity index (χ1v) is 11.1. The van der Waals surface area contributed by atoms with Crippen LogP contribution in [0.15, 0.2) is 0 Å². The molecule has 22 heavy (non-hydrogen) atoms. The Bertz CT molecular complexity index is 475. The molecular weight excluding hydrogens is 322 g/mol. The molecule has 0 aromatic heterocycles. The fraction of sp³-hybridized carbons (Fsp3) is 1.00. The number of nitrogens with zero attached hydrogens (tertiary/aromatic N) is 1. The molecule has 3 atom stereocenters. The zero-order valence-corrected chi connectivity index (χ0v) is 17.1. The highest BCUT2D eigenvalue weighted by atomic mass is 32.2. The molecule has 0 heterocycles. The van der Waals surface area contributed by atoms with Crippen LogP contribution in [0.2, 0.25) is 0 Å². The molecule has 2 unspecified atom stereocenters. The molecule has 0 aliphatic carbocycles. The second kappa shape index (κ2) is 7.73. The minimum Gasteiger partial charge on any atom is -0.376 e.